The van der Waals surface area contributed by atoms with Gasteiger partial charge in [0.25, 0.3) is 5.91 Å². The molecule has 0 spiro atoms. The highest BCUT2D eigenvalue weighted by Crippen LogP contribution is 2.21. The average molecular weight is 373 g/mol. The molecule has 27 heavy (non-hydrogen) atoms. The summed E-state index contributed by atoms with van der Waals surface area (Å²) in [7, 11) is 0. The molecule has 1 atom stereocenters. The van der Waals surface area contributed by atoms with Gasteiger partial charge in [0.1, 0.15) is 0 Å². The van der Waals surface area contributed by atoms with Gasteiger partial charge in [0.15, 0.2) is 0 Å². The summed E-state index contributed by atoms with van der Waals surface area (Å²) < 4.78 is 6.45. The van der Waals surface area contributed by atoms with Gasteiger partial charge < -0.3 is 19.2 Å². The number of carbonyl (C=O) groups is 2. The Labute approximate surface area is 155 Å². The van der Waals surface area contributed by atoms with Gasteiger partial charge in [-0.05, 0) is 44.9 Å². The molecule has 0 aliphatic carbocycles. The fourth-order valence-corrected chi connectivity index (χ4v) is 3.52. The van der Waals surface area contributed by atoms with Crippen LogP contribution in [0.3, 0.4) is 0 Å². The highest BCUT2D eigenvalue weighted by Gasteiger charge is 2.30. The quantitative estimate of drug-likeness (QED) is 0.639. The van der Waals surface area contributed by atoms with Crippen molar-refractivity contribution in [3.05, 3.63) is 44.5 Å². The zero-order chi connectivity index (χ0) is 19.6. The first-order valence-electron chi connectivity index (χ1n) is 9.19. The first kappa shape index (κ1) is 18.9. The van der Waals surface area contributed by atoms with E-state index in [4.69, 9.17) is 4.74 Å². The number of amides is 1. The fraction of sp³-hybridized carbons (Fsp3) is 0.474. The van der Waals surface area contributed by atoms with E-state index in [1.54, 1.807) is 36.9 Å². The number of nitrogens with one attached hydrogen (secondary N) is 1. The van der Waals surface area contributed by atoms with Crippen LogP contribution in [0.4, 0.5) is 0 Å². The lowest BCUT2D eigenvalue weighted by atomic mass is 9.97. The van der Waals surface area contributed by atoms with Crippen LogP contribution in [0.2, 0.25) is 0 Å². The second-order valence-corrected chi connectivity index (χ2v) is 6.58. The predicted octanol–water partition coefficient (Wildman–Crippen LogP) is 1.12. The van der Waals surface area contributed by atoms with Crippen molar-refractivity contribution < 1.29 is 14.3 Å². The number of aryl methyl sites for hydroxylation is 1. The highest BCUT2D eigenvalue weighted by atomic mass is 16.5. The summed E-state index contributed by atoms with van der Waals surface area (Å²) in [5.41, 5.74) is 0.0867. The Balaban J connectivity index is 1.89. The smallest absolute Gasteiger partial charge is 0.316 e. The maximum absolute atomic E-state index is 12.9. The number of likely N-dealkylation sites (tertiary alicyclic amines) is 1. The van der Waals surface area contributed by atoms with Crippen LogP contribution in [0, 0.1) is 5.92 Å². The van der Waals surface area contributed by atoms with Crippen LogP contribution in [0.5, 0.6) is 0 Å². The van der Waals surface area contributed by atoms with Gasteiger partial charge in [-0.25, -0.2) is 0 Å². The minimum Gasteiger partial charge on any atom is -0.466 e. The van der Waals surface area contributed by atoms with E-state index in [2.05, 4.69) is 4.98 Å². The largest absolute Gasteiger partial charge is 0.466 e. The number of hydrogen-bond donors (Lipinski definition) is 1. The molecule has 3 rings (SSSR count). The summed E-state index contributed by atoms with van der Waals surface area (Å²) in [5.74, 6) is -0.793. The molecule has 1 saturated heterocycles. The molecule has 144 valence electrons. The maximum Gasteiger partial charge on any atom is 0.316 e. The molecule has 2 heterocycles. The van der Waals surface area contributed by atoms with Crippen LogP contribution >= 0.6 is 0 Å². The molecule has 0 bridgehead atoms. The molecule has 1 aliphatic rings. The summed E-state index contributed by atoms with van der Waals surface area (Å²) in [4.78, 5) is 52.8. The minimum atomic E-state index is -0.714. The summed E-state index contributed by atoms with van der Waals surface area (Å²) >= 11 is 0. The standard InChI is InChI=1S/C19H23N3O5/c1-3-22-15-8-7-12(10-14(15)20-16(23)18(22)25)17(24)21-9-5-6-13(11-21)19(26)27-4-2/h7-8,10,13H,3-6,9,11H2,1-2H3,(H,20,23)/t13-/m1/s1. The van der Waals surface area contributed by atoms with E-state index in [-0.39, 0.29) is 17.8 Å². The third-order valence-electron chi connectivity index (χ3n) is 4.87. The van der Waals surface area contributed by atoms with Crippen LogP contribution in [-0.2, 0) is 16.1 Å². The second kappa shape index (κ2) is 7.77. The lowest BCUT2D eigenvalue weighted by molar-refractivity contribution is -0.149. The van der Waals surface area contributed by atoms with Gasteiger partial charge in [-0.15, -0.1) is 0 Å². The van der Waals surface area contributed by atoms with Gasteiger partial charge in [0.2, 0.25) is 0 Å². The van der Waals surface area contributed by atoms with E-state index in [9.17, 15) is 19.2 Å². The van der Waals surface area contributed by atoms with Crippen molar-refractivity contribution >= 4 is 22.9 Å². The van der Waals surface area contributed by atoms with Crippen molar-refractivity contribution in [2.75, 3.05) is 19.7 Å². The number of rotatable bonds is 4. The molecule has 1 amide bonds. The van der Waals surface area contributed by atoms with Crippen LogP contribution in [0.25, 0.3) is 11.0 Å². The van der Waals surface area contributed by atoms with Gasteiger partial charge in [-0.2, -0.15) is 0 Å². The number of aromatic amines is 1. The first-order chi connectivity index (χ1) is 13.0. The van der Waals surface area contributed by atoms with E-state index >= 15 is 0 Å². The Morgan fingerprint density at radius 2 is 2.04 bits per heavy atom. The molecule has 0 saturated carbocycles. The molecule has 8 nitrogen and oxygen atoms in total. The number of hydrogen-bond acceptors (Lipinski definition) is 5. The molecule has 0 unspecified atom stereocenters. The molecular weight excluding hydrogens is 350 g/mol. The van der Waals surface area contributed by atoms with E-state index in [0.717, 1.165) is 6.42 Å². The molecule has 0 radical (unpaired) electrons. The lowest BCUT2D eigenvalue weighted by Crippen LogP contribution is -2.42. The highest BCUT2D eigenvalue weighted by molar-refractivity contribution is 5.97. The topological polar surface area (TPSA) is 101 Å². The normalized spacial score (nSPS) is 17.1. The second-order valence-electron chi connectivity index (χ2n) is 6.58. The first-order valence-corrected chi connectivity index (χ1v) is 9.19. The summed E-state index contributed by atoms with van der Waals surface area (Å²) in [6.45, 7) is 5.11. The van der Waals surface area contributed by atoms with E-state index in [0.29, 0.717) is 49.3 Å². The number of H-pyrrole nitrogens is 1. The van der Waals surface area contributed by atoms with Gasteiger partial charge in [-0.1, -0.05) is 0 Å². The van der Waals surface area contributed by atoms with Crippen molar-refractivity contribution in [1.29, 1.82) is 0 Å². The SMILES string of the molecule is CCOC(=O)[C@@H]1CCCN(C(=O)c2ccc3c(c2)[nH]c(=O)c(=O)n3CC)C1. The Bertz CT molecular complexity index is 991. The Morgan fingerprint density at radius 1 is 1.26 bits per heavy atom. The lowest BCUT2D eigenvalue weighted by Gasteiger charge is -2.31. The molecule has 1 aromatic carbocycles. The number of piperidine rings is 1. The predicted molar refractivity (Wildman–Crippen MR) is 99.8 cm³/mol. The number of benzene rings is 1. The molecular formula is C19H23N3O5. The van der Waals surface area contributed by atoms with Crippen molar-refractivity contribution in [2.45, 2.75) is 33.2 Å². The monoisotopic (exact) mass is 373 g/mol. The number of carbonyl (C=O) groups excluding carboxylic acids is 2. The number of nitrogens with zero attached hydrogens (tertiary/aromatic N) is 2. The van der Waals surface area contributed by atoms with Crippen LogP contribution in [-0.4, -0.2) is 46.0 Å². The molecule has 1 aliphatic heterocycles. The van der Waals surface area contributed by atoms with Gasteiger partial charge in [0, 0.05) is 25.2 Å². The van der Waals surface area contributed by atoms with Crippen molar-refractivity contribution in [1.82, 2.24) is 14.5 Å². The third kappa shape index (κ3) is 3.65. The summed E-state index contributed by atoms with van der Waals surface area (Å²) in [5, 5.41) is 0. The van der Waals surface area contributed by atoms with E-state index < -0.39 is 11.1 Å². The third-order valence-corrected chi connectivity index (χ3v) is 4.87. The van der Waals surface area contributed by atoms with Crippen molar-refractivity contribution in [3.8, 4) is 0 Å². The molecule has 1 N–H and O–H groups in total. The number of ether oxygens (including phenoxy) is 1. The van der Waals surface area contributed by atoms with Crippen LogP contribution in [0.15, 0.2) is 27.8 Å². The minimum absolute atomic E-state index is 0.207. The molecule has 8 heteroatoms. The summed E-state index contributed by atoms with van der Waals surface area (Å²) in [6.07, 6.45) is 1.44. The maximum atomic E-state index is 12.9. The van der Waals surface area contributed by atoms with Gasteiger partial charge >= 0.3 is 17.1 Å². The van der Waals surface area contributed by atoms with Crippen molar-refractivity contribution in [3.63, 3.8) is 0 Å². The van der Waals surface area contributed by atoms with Crippen LogP contribution < -0.4 is 11.1 Å². The Kier molecular flexibility index (Phi) is 5.43. The van der Waals surface area contributed by atoms with Gasteiger partial charge in [0.05, 0.1) is 23.6 Å². The Morgan fingerprint density at radius 3 is 2.74 bits per heavy atom. The van der Waals surface area contributed by atoms with Crippen molar-refractivity contribution in [2.24, 2.45) is 5.92 Å². The average Bonchev–Trinajstić information content (AvgIpc) is 2.68. The number of esters is 1. The zero-order valence-corrected chi connectivity index (χ0v) is 15.5. The fourth-order valence-electron chi connectivity index (χ4n) is 3.52. The Hall–Kier alpha value is -2.90. The van der Waals surface area contributed by atoms with E-state index in [1.165, 1.54) is 4.57 Å². The van der Waals surface area contributed by atoms with Crippen LogP contribution in [0.1, 0.15) is 37.0 Å². The zero-order valence-electron chi connectivity index (χ0n) is 15.5. The molecule has 1 fully saturated rings. The van der Waals surface area contributed by atoms with Gasteiger partial charge in [-0.3, -0.25) is 19.2 Å². The number of aromatic nitrogens is 2. The molecule has 1 aromatic heterocycles. The number of fused-ring (bicyclic) bond motifs is 1. The van der Waals surface area contributed by atoms with E-state index in [1.807, 2.05) is 0 Å². The molecule has 2 aromatic rings. The summed E-state index contributed by atoms with van der Waals surface area (Å²) in [6, 6.07) is 4.89.